The molecule has 0 atom stereocenters. The minimum absolute atomic E-state index is 0.0689. The summed E-state index contributed by atoms with van der Waals surface area (Å²) in [4.78, 5) is 12.2. The number of benzene rings is 1. The zero-order valence-corrected chi connectivity index (χ0v) is 10.6. The van der Waals surface area contributed by atoms with Crippen LogP contribution in [0.25, 0.3) is 0 Å². The number of hydrogen-bond acceptors (Lipinski definition) is 3. The van der Waals surface area contributed by atoms with Gasteiger partial charge >= 0.3 is 5.97 Å². The van der Waals surface area contributed by atoms with Crippen molar-refractivity contribution in [2.24, 2.45) is 0 Å². The Hall–Kier alpha value is -1.76. The number of ether oxygens (including phenoxy) is 1. The van der Waals surface area contributed by atoms with E-state index in [-0.39, 0.29) is 44.0 Å². The van der Waals surface area contributed by atoms with Gasteiger partial charge in [-0.05, 0) is 18.2 Å². The topological polar surface area (TPSA) is 49.8 Å². The van der Waals surface area contributed by atoms with E-state index in [1.807, 2.05) is 0 Å². The van der Waals surface area contributed by atoms with Crippen molar-refractivity contribution in [1.82, 2.24) is 4.90 Å². The van der Waals surface area contributed by atoms with Gasteiger partial charge in [0, 0.05) is 19.5 Å². The molecule has 1 heterocycles. The molecule has 0 saturated carbocycles. The third kappa shape index (κ3) is 3.63. The van der Waals surface area contributed by atoms with Gasteiger partial charge in [0.05, 0.1) is 12.1 Å². The first kappa shape index (κ1) is 14.6. The van der Waals surface area contributed by atoms with Crippen LogP contribution in [0.2, 0.25) is 0 Å². The summed E-state index contributed by atoms with van der Waals surface area (Å²) >= 11 is 0. The van der Waals surface area contributed by atoms with Gasteiger partial charge in [-0.2, -0.15) is 0 Å². The predicted molar refractivity (Wildman–Crippen MR) is 64.9 cm³/mol. The van der Waals surface area contributed by atoms with E-state index in [1.165, 1.54) is 12.1 Å². The maximum Gasteiger partial charge on any atom is 0.335 e. The number of nitrogens with zero attached hydrogens (tertiary/aromatic N) is 1. The van der Waals surface area contributed by atoms with Gasteiger partial charge in [-0.15, -0.1) is 0 Å². The Morgan fingerprint density at radius 2 is 2.20 bits per heavy atom. The van der Waals surface area contributed by atoms with Gasteiger partial charge in [0.15, 0.2) is 11.6 Å². The number of halogens is 3. The average molecular weight is 289 g/mol. The van der Waals surface area contributed by atoms with E-state index < -0.39 is 17.7 Å². The van der Waals surface area contributed by atoms with Gasteiger partial charge < -0.3 is 9.84 Å². The third-order valence-electron chi connectivity index (χ3n) is 3.09. The molecule has 0 bridgehead atoms. The van der Waals surface area contributed by atoms with E-state index in [1.54, 1.807) is 4.90 Å². The lowest BCUT2D eigenvalue weighted by atomic mass is 10.2. The molecule has 4 nitrogen and oxygen atoms in total. The molecule has 1 saturated heterocycles. The summed E-state index contributed by atoms with van der Waals surface area (Å²) in [5, 5.41) is 8.68. The van der Waals surface area contributed by atoms with E-state index >= 15 is 0 Å². The lowest BCUT2D eigenvalue weighted by Gasteiger charge is -2.16. The first-order chi connectivity index (χ1) is 9.37. The molecule has 0 radical (unpaired) electrons. The normalized spacial score (nSPS) is 18.1. The third-order valence-corrected chi connectivity index (χ3v) is 3.09. The first-order valence-electron chi connectivity index (χ1n) is 6.13. The van der Waals surface area contributed by atoms with Crippen molar-refractivity contribution in [3.8, 4) is 5.75 Å². The Bertz CT molecular complexity index is 508. The van der Waals surface area contributed by atoms with Crippen LogP contribution in [-0.2, 0) is 0 Å². The molecule has 2 rings (SSSR count). The molecule has 7 heteroatoms. The summed E-state index contributed by atoms with van der Waals surface area (Å²) in [5.74, 6) is -4.75. The fourth-order valence-corrected chi connectivity index (χ4v) is 2.03. The number of carbonyl (C=O) groups is 1. The van der Waals surface area contributed by atoms with Crippen molar-refractivity contribution >= 4 is 5.97 Å². The molecule has 20 heavy (non-hydrogen) atoms. The molecule has 1 N–H and O–H groups in total. The predicted octanol–water partition coefficient (Wildman–Crippen LogP) is 2.24. The summed E-state index contributed by atoms with van der Waals surface area (Å²) in [6.45, 7) is 0.322. The minimum Gasteiger partial charge on any atom is -0.489 e. The Morgan fingerprint density at radius 1 is 1.45 bits per heavy atom. The Balaban J connectivity index is 1.84. The first-order valence-corrected chi connectivity index (χ1v) is 6.13. The van der Waals surface area contributed by atoms with Gasteiger partial charge in [0.2, 0.25) is 0 Å². The van der Waals surface area contributed by atoms with Crippen molar-refractivity contribution in [3.63, 3.8) is 0 Å². The van der Waals surface area contributed by atoms with E-state index in [4.69, 9.17) is 9.84 Å². The van der Waals surface area contributed by atoms with Crippen molar-refractivity contribution < 1.29 is 27.8 Å². The van der Waals surface area contributed by atoms with Crippen LogP contribution < -0.4 is 4.74 Å². The maximum atomic E-state index is 13.5. The molecule has 1 fully saturated rings. The van der Waals surface area contributed by atoms with Crippen LogP contribution in [0.3, 0.4) is 0 Å². The monoisotopic (exact) mass is 289 g/mol. The highest BCUT2D eigenvalue weighted by Gasteiger charge is 2.37. The SMILES string of the molecule is O=C(O)c1ccc(OCCN2CCC(F)(F)C2)c(F)c1. The summed E-state index contributed by atoms with van der Waals surface area (Å²) < 4.78 is 44.5. The Morgan fingerprint density at radius 3 is 2.75 bits per heavy atom. The van der Waals surface area contributed by atoms with Crippen LogP contribution in [0.4, 0.5) is 13.2 Å². The lowest BCUT2D eigenvalue weighted by molar-refractivity contribution is 0.0112. The molecule has 0 amide bonds. The summed E-state index contributed by atoms with van der Waals surface area (Å²) in [7, 11) is 0. The maximum absolute atomic E-state index is 13.5. The average Bonchev–Trinajstić information content (AvgIpc) is 2.70. The molecule has 0 spiro atoms. The molecule has 110 valence electrons. The minimum atomic E-state index is -2.66. The zero-order valence-electron chi connectivity index (χ0n) is 10.6. The van der Waals surface area contributed by atoms with Crippen molar-refractivity contribution in [3.05, 3.63) is 29.6 Å². The number of likely N-dealkylation sites (tertiary alicyclic amines) is 1. The smallest absolute Gasteiger partial charge is 0.335 e. The highest BCUT2D eigenvalue weighted by atomic mass is 19.3. The second-order valence-electron chi connectivity index (χ2n) is 4.68. The van der Waals surface area contributed by atoms with Gasteiger partial charge in [-0.25, -0.2) is 18.0 Å². The number of carboxylic acids is 1. The second kappa shape index (κ2) is 5.70. The molecule has 0 aromatic heterocycles. The number of hydrogen-bond donors (Lipinski definition) is 1. The van der Waals surface area contributed by atoms with Crippen LogP contribution >= 0.6 is 0 Å². The van der Waals surface area contributed by atoms with Crippen LogP contribution in [0.5, 0.6) is 5.75 Å². The Labute approximate surface area is 113 Å². The summed E-state index contributed by atoms with van der Waals surface area (Å²) in [6, 6.07) is 3.31. The van der Waals surface area contributed by atoms with Crippen LogP contribution in [0.1, 0.15) is 16.8 Å². The van der Waals surface area contributed by atoms with E-state index in [0.717, 1.165) is 6.07 Å². The standard InChI is InChI=1S/C13H14F3NO3/c14-10-7-9(12(18)19)1-2-11(10)20-6-5-17-4-3-13(15,16)8-17/h1-2,7H,3-6,8H2,(H,18,19). The summed E-state index contributed by atoms with van der Waals surface area (Å²) in [5.41, 5.74) is -0.172. The largest absolute Gasteiger partial charge is 0.489 e. The molecule has 1 aliphatic heterocycles. The van der Waals surface area contributed by atoms with Gasteiger partial charge in [-0.3, -0.25) is 4.90 Å². The van der Waals surface area contributed by atoms with E-state index in [9.17, 15) is 18.0 Å². The highest BCUT2D eigenvalue weighted by molar-refractivity contribution is 5.87. The number of carboxylic acid groups (broad SMARTS) is 1. The molecule has 1 aliphatic rings. The van der Waals surface area contributed by atoms with Gasteiger partial charge in [0.25, 0.3) is 5.92 Å². The van der Waals surface area contributed by atoms with Crippen molar-refractivity contribution in [2.75, 3.05) is 26.2 Å². The fraction of sp³-hybridized carbons (Fsp3) is 0.462. The quantitative estimate of drug-likeness (QED) is 0.903. The molecule has 1 aromatic carbocycles. The number of alkyl halides is 2. The van der Waals surface area contributed by atoms with Crippen LogP contribution in [0, 0.1) is 5.82 Å². The molecular formula is C13H14F3NO3. The fourth-order valence-electron chi connectivity index (χ4n) is 2.03. The van der Waals surface area contributed by atoms with E-state index in [2.05, 4.69) is 0 Å². The van der Waals surface area contributed by atoms with E-state index in [0.29, 0.717) is 0 Å². The molecule has 1 aromatic rings. The van der Waals surface area contributed by atoms with Crippen molar-refractivity contribution in [2.45, 2.75) is 12.3 Å². The van der Waals surface area contributed by atoms with Gasteiger partial charge in [0.1, 0.15) is 6.61 Å². The number of aromatic carboxylic acids is 1. The van der Waals surface area contributed by atoms with Crippen LogP contribution in [-0.4, -0.2) is 48.1 Å². The Kier molecular flexibility index (Phi) is 4.17. The highest BCUT2D eigenvalue weighted by Crippen LogP contribution is 2.26. The summed E-state index contributed by atoms with van der Waals surface area (Å²) in [6.07, 6.45) is -0.172. The zero-order chi connectivity index (χ0) is 14.8. The molecule has 0 aliphatic carbocycles. The lowest BCUT2D eigenvalue weighted by Crippen LogP contribution is -2.29. The second-order valence-corrected chi connectivity index (χ2v) is 4.68. The number of rotatable bonds is 5. The molecule has 0 unspecified atom stereocenters. The van der Waals surface area contributed by atoms with Crippen molar-refractivity contribution in [1.29, 1.82) is 0 Å². The van der Waals surface area contributed by atoms with Gasteiger partial charge in [-0.1, -0.05) is 0 Å². The molecular weight excluding hydrogens is 275 g/mol. The van der Waals surface area contributed by atoms with Crippen LogP contribution in [0.15, 0.2) is 18.2 Å².